The quantitative estimate of drug-likeness (QED) is 0.723. The summed E-state index contributed by atoms with van der Waals surface area (Å²) in [5.74, 6) is 1.16. The molecule has 0 radical (unpaired) electrons. The fraction of sp³-hybridized carbons (Fsp3) is 0.611. The predicted molar refractivity (Wildman–Crippen MR) is 86.6 cm³/mol. The second-order valence-electron chi connectivity index (χ2n) is 6.62. The molecule has 0 N–H and O–H groups in total. The molecule has 0 amide bonds. The van der Waals surface area contributed by atoms with Gasteiger partial charge in [-0.2, -0.15) is 11.8 Å². The van der Waals surface area contributed by atoms with Crippen LogP contribution in [0.2, 0.25) is 0 Å². The van der Waals surface area contributed by atoms with Gasteiger partial charge < -0.3 is 0 Å². The molecule has 2 aliphatic heterocycles. The average Bonchev–Trinajstić information content (AvgIpc) is 2.46. The van der Waals surface area contributed by atoms with E-state index in [1.807, 2.05) is 12.1 Å². The highest BCUT2D eigenvalue weighted by Crippen LogP contribution is 2.44. The molecule has 2 saturated heterocycles. The van der Waals surface area contributed by atoms with Gasteiger partial charge >= 0.3 is 0 Å². The number of thioether (sulfide) groups is 1. The first-order valence-corrected chi connectivity index (χ1v) is 8.87. The molecule has 2 fully saturated rings. The summed E-state index contributed by atoms with van der Waals surface area (Å²) in [5, 5.41) is 1.48. The van der Waals surface area contributed by atoms with Crippen LogP contribution < -0.4 is 0 Å². The lowest BCUT2D eigenvalue weighted by molar-refractivity contribution is 0.0896. The minimum atomic E-state index is 0.272. The van der Waals surface area contributed by atoms with Crippen LogP contribution in [-0.2, 0) is 0 Å². The van der Waals surface area contributed by atoms with Crippen molar-refractivity contribution in [1.82, 2.24) is 0 Å². The fourth-order valence-corrected chi connectivity index (χ4v) is 5.40. The smallest absolute Gasteiger partial charge is 0.166 e. The number of fused-ring (bicyclic) bond motifs is 2. The van der Waals surface area contributed by atoms with Gasteiger partial charge in [0.15, 0.2) is 5.78 Å². The molecule has 2 heteroatoms. The van der Waals surface area contributed by atoms with Crippen LogP contribution in [0.3, 0.4) is 0 Å². The molecule has 20 heavy (non-hydrogen) atoms. The van der Waals surface area contributed by atoms with Gasteiger partial charge in [0.05, 0.1) is 0 Å². The minimum absolute atomic E-state index is 0.272. The highest BCUT2D eigenvalue weighted by atomic mass is 32.2. The van der Waals surface area contributed by atoms with Gasteiger partial charge in [0.25, 0.3) is 0 Å². The zero-order valence-corrected chi connectivity index (χ0v) is 13.3. The van der Waals surface area contributed by atoms with E-state index in [1.54, 1.807) is 0 Å². The number of carbonyl (C=O) groups is 1. The zero-order chi connectivity index (χ0) is 14.1. The molecular formula is C18H24OS. The van der Waals surface area contributed by atoms with E-state index in [-0.39, 0.29) is 5.92 Å². The van der Waals surface area contributed by atoms with Crippen molar-refractivity contribution in [2.24, 2.45) is 5.92 Å². The lowest BCUT2D eigenvalue weighted by Gasteiger charge is -2.38. The van der Waals surface area contributed by atoms with Crippen molar-refractivity contribution in [1.29, 1.82) is 0 Å². The Bertz CT molecular complexity index is 482. The number of ketones is 1. The van der Waals surface area contributed by atoms with E-state index in [4.69, 9.17) is 0 Å². The first-order valence-electron chi connectivity index (χ1n) is 7.93. The Morgan fingerprint density at radius 1 is 1.20 bits per heavy atom. The lowest BCUT2D eigenvalue weighted by Crippen LogP contribution is -2.32. The molecule has 108 valence electrons. The van der Waals surface area contributed by atoms with Crippen LogP contribution in [0.25, 0.3) is 0 Å². The number of carbonyl (C=O) groups excluding carboxylic acids is 1. The number of hydrogen-bond donors (Lipinski definition) is 0. The van der Waals surface area contributed by atoms with Crippen molar-refractivity contribution in [2.45, 2.75) is 62.4 Å². The van der Waals surface area contributed by atoms with Gasteiger partial charge in [0.1, 0.15) is 0 Å². The molecule has 3 rings (SSSR count). The van der Waals surface area contributed by atoms with Gasteiger partial charge in [-0.25, -0.2) is 0 Å². The summed E-state index contributed by atoms with van der Waals surface area (Å²) >= 11 is 2.15. The topological polar surface area (TPSA) is 17.1 Å². The fourth-order valence-electron chi connectivity index (χ4n) is 3.56. The summed E-state index contributed by atoms with van der Waals surface area (Å²) in [5.41, 5.74) is 2.22. The standard InChI is InChI=1S/C18H24OS/c1-12(2)13-5-3-6-14(9-13)18(19)15-10-16-7-4-8-17(11-15)20-16/h3,5-6,9,12,15-17H,4,7-8,10-11H2,1-2H3. The summed E-state index contributed by atoms with van der Waals surface area (Å²) in [6.45, 7) is 4.37. The van der Waals surface area contributed by atoms with Crippen molar-refractivity contribution < 1.29 is 4.79 Å². The summed E-state index contributed by atoms with van der Waals surface area (Å²) < 4.78 is 0. The Morgan fingerprint density at radius 2 is 1.90 bits per heavy atom. The maximum Gasteiger partial charge on any atom is 0.166 e. The molecule has 2 bridgehead atoms. The van der Waals surface area contributed by atoms with Gasteiger partial charge in [-0.3, -0.25) is 4.79 Å². The van der Waals surface area contributed by atoms with Crippen LogP contribution in [0.5, 0.6) is 0 Å². The third-order valence-corrected chi connectivity index (χ3v) is 6.37. The average molecular weight is 288 g/mol. The van der Waals surface area contributed by atoms with Crippen LogP contribution in [-0.4, -0.2) is 16.3 Å². The van der Waals surface area contributed by atoms with Crippen molar-refractivity contribution in [3.05, 3.63) is 35.4 Å². The van der Waals surface area contributed by atoms with E-state index in [9.17, 15) is 4.79 Å². The van der Waals surface area contributed by atoms with Crippen molar-refractivity contribution >= 4 is 17.5 Å². The molecule has 0 aromatic heterocycles. The molecule has 0 spiro atoms. The Hall–Kier alpha value is -0.760. The second-order valence-corrected chi connectivity index (χ2v) is 8.23. The van der Waals surface area contributed by atoms with Gasteiger partial charge in [-0.1, -0.05) is 38.5 Å². The van der Waals surface area contributed by atoms with Gasteiger partial charge in [-0.15, -0.1) is 0 Å². The molecule has 2 heterocycles. The van der Waals surface area contributed by atoms with Crippen LogP contribution in [0.1, 0.15) is 67.8 Å². The molecule has 2 aliphatic rings. The lowest BCUT2D eigenvalue weighted by atomic mass is 9.84. The normalized spacial score (nSPS) is 29.4. The largest absolute Gasteiger partial charge is 0.294 e. The molecule has 1 aromatic carbocycles. The van der Waals surface area contributed by atoms with E-state index in [2.05, 4.69) is 37.7 Å². The Labute approximate surface area is 126 Å². The molecule has 1 nitrogen and oxygen atoms in total. The number of benzene rings is 1. The zero-order valence-electron chi connectivity index (χ0n) is 12.5. The molecule has 1 aromatic rings. The van der Waals surface area contributed by atoms with E-state index < -0.39 is 0 Å². The van der Waals surface area contributed by atoms with E-state index in [0.29, 0.717) is 11.7 Å². The predicted octanol–water partition coefficient (Wildman–Crippen LogP) is 5.06. The monoisotopic (exact) mass is 288 g/mol. The van der Waals surface area contributed by atoms with E-state index >= 15 is 0 Å². The number of Topliss-reactive ketones (excluding diaryl/α,β-unsaturated/α-hetero) is 1. The maximum atomic E-state index is 12.8. The first kappa shape index (κ1) is 14.2. The summed E-state index contributed by atoms with van der Waals surface area (Å²) in [7, 11) is 0. The molecular weight excluding hydrogens is 264 g/mol. The third-order valence-electron chi connectivity index (χ3n) is 4.74. The summed E-state index contributed by atoms with van der Waals surface area (Å²) in [6.07, 6.45) is 6.21. The highest BCUT2D eigenvalue weighted by Gasteiger charge is 2.35. The number of rotatable bonds is 3. The molecule has 0 aliphatic carbocycles. The molecule has 2 unspecified atom stereocenters. The summed E-state index contributed by atoms with van der Waals surface area (Å²) in [4.78, 5) is 12.8. The molecule has 2 atom stereocenters. The second kappa shape index (κ2) is 5.93. The maximum absolute atomic E-state index is 12.8. The van der Waals surface area contributed by atoms with Crippen LogP contribution >= 0.6 is 11.8 Å². The van der Waals surface area contributed by atoms with Crippen LogP contribution in [0, 0.1) is 5.92 Å². The Morgan fingerprint density at radius 3 is 2.55 bits per heavy atom. The van der Waals surface area contributed by atoms with Gasteiger partial charge in [0, 0.05) is 22.0 Å². The highest BCUT2D eigenvalue weighted by molar-refractivity contribution is 8.00. The van der Waals surface area contributed by atoms with E-state index in [0.717, 1.165) is 28.9 Å². The van der Waals surface area contributed by atoms with Crippen molar-refractivity contribution in [2.75, 3.05) is 0 Å². The Balaban J connectivity index is 1.77. The minimum Gasteiger partial charge on any atom is -0.294 e. The SMILES string of the molecule is CC(C)c1cccc(C(=O)C2CC3CCCC(C2)S3)c1. The van der Waals surface area contributed by atoms with Crippen molar-refractivity contribution in [3.63, 3.8) is 0 Å². The first-order chi connectivity index (χ1) is 9.63. The van der Waals surface area contributed by atoms with Gasteiger partial charge in [-0.05, 0) is 43.2 Å². The van der Waals surface area contributed by atoms with Gasteiger partial charge in [0.2, 0.25) is 0 Å². The summed E-state index contributed by atoms with van der Waals surface area (Å²) in [6, 6.07) is 8.30. The van der Waals surface area contributed by atoms with Crippen LogP contribution in [0.15, 0.2) is 24.3 Å². The Kier molecular flexibility index (Phi) is 4.21. The van der Waals surface area contributed by atoms with Crippen molar-refractivity contribution in [3.8, 4) is 0 Å². The van der Waals surface area contributed by atoms with Crippen LogP contribution in [0.4, 0.5) is 0 Å². The third kappa shape index (κ3) is 2.95. The van der Waals surface area contributed by atoms with E-state index in [1.165, 1.54) is 24.8 Å². The molecule has 0 saturated carbocycles. The number of hydrogen-bond acceptors (Lipinski definition) is 2.